The molecule has 1 aromatic rings. The van der Waals surface area contributed by atoms with Crippen LogP contribution in [0.4, 0.5) is 0 Å². The fourth-order valence-corrected chi connectivity index (χ4v) is 2.82. The number of rotatable bonds is 1. The molecule has 0 aliphatic heterocycles. The van der Waals surface area contributed by atoms with Crippen LogP contribution in [0.25, 0.3) is 0 Å². The molecule has 2 rings (SSSR count). The topological polar surface area (TPSA) is 23.8 Å². The Hall–Kier alpha value is -0.330. The van der Waals surface area contributed by atoms with E-state index in [0.717, 1.165) is 33.8 Å². The van der Waals surface area contributed by atoms with Crippen LogP contribution in [0.2, 0.25) is 0 Å². The van der Waals surface area contributed by atoms with Gasteiger partial charge in [0.05, 0.1) is 11.5 Å². The first-order valence-electron chi connectivity index (χ1n) is 4.55. The number of nitrogens with zero attached hydrogens (tertiary/aromatic N) is 1. The predicted octanol–water partition coefficient (Wildman–Crippen LogP) is 4.16. The van der Waals surface area contributed by atoms with Gasteiger partial charge in [-0.3, -0.25) is 0 Å². The molecular formula is C11H9Br2N. The number of hydrogen-bond donors (Lipinski definition) is 0. The van der Waals surface area contributed by atoms with Gasteiger partial charge in [0.15, 0.2) is 0 Å². The van der Waals surface area contributed by atoms with Crippen molar-refractivity contribution >= 4 is 31.9 Å². The summed E-state index contributed by atoms with van der Waals surface area (Å²) >= 11 is 6.95. The van der Waals surface area contributed by atoms with Crippen molar-refractivity contribution in [2.24, 2.45) is 0 Å². The molecule has 1 aromatic carbocycles. The molecule has 0 bridgehead atoms. The fraction of sp³-hybridized carbons (Fsp3) is 0.364. The zero-order valence-electron chi connectivity index (χ0n) is 7.56. The van der Waals surface area contributed by atoms with E-state index in [2.05, 4.69) is 37.9 Å². The lowest BCUT2D eigenvalue weighted by Gasteiger charge is -2.36. The minimum Gasteiger partial charge on any atom is -0.197 e. The number of benzene rings is 1. The zero-order chi connectivity index (χ0) is 10.2. The summed E-state index contributed by atoms with van der Waals surface area (Å²) in [5, 5.41) is 9.22. The Morgan fingerprint density at radius 2 is 2.00 bits per heavy atom. The summed E-state index contributed by atoms with van der Waals surface area (Å²) < 4.78 is 2.08. The molecule has 72 valence electrons. The van der Waals surface area contributed by atoms with E-state index in [1.165, 1.54) is 0 Å². The van der Waals surface area contributed by atoms with Gasteiger partial charge in [-0.15, -0.1) is 0 Å². The predicted molar refractivity (Wildman–Crippen MR) is 63.0 cm³/mol. The van der Waals surface area contributed by atoms with Crippen LogP contribution in [0.1, 0.15) is 24.8 Å². The van der Waals surface area contributed by atoms with E-state index in [4.69, 9.17) is 0 Å². The summed E-state index contributed by atoms with van der Waals surface area (Å²) in [6.07, 6.45) is 3.13. The standard InChI is InChI=1S/C11H9Br2N/c12-8-2-3-10(13)9(6-8)11(7-14)4-1-5-11/h2-3,6H,1,4-5H2. The van der Waals surface area contributed by atoms with Crippen LogP contribution in [0, 0.1) is 11.3 Å². The van der Waals surface area contributed by atoms with Gasteiger partial charge in [0.1, 0.15) is 0 Å². The summed E-state index contributed by atoms with van der Waals surface area (Å²) in [5.74, 6) is 0. The molecule has 0 heterocycles. The molecule has 0 amide bonds. The van der Waals surface area contributed by atoms with Crippen LogP contribution >= 0.6 is 31.9 Å². The molecule has 0 aromatic heterocycles. The number of nitriles is 1. The second kappa shape index (κ2) is 3.67. The van der Waals surface area contributed by atoms with E-state index in [1.54, 1.807) is 0 Å². The van der Waals surface area contributed by atoms with Gasteiger partial charge >= 0.3 is 0 Å². The Balaban J connectivity index is 2.50. The van der Waals surface area contributed by atoms with Gasteiger partial charge in [-0.05, 0) is 43.0 Å². The summed E-state index contributed by atoms with van der Waals surface area (Å²) in [4.78, 5) is 0. The van der Waals surface area contributed by atoms with Crippen molar-refractivity contribution in [3.63, 3.8) is 0 Å². The van der Waals surface area contributed by atoms with E-state index in [1.807, 2.05) is 18.2 Å². The van der Waals surface area contributed by atoms with Gasteiger partial charge in [0.25, 0.3) is 0 Å². The van der Waals surface area contributed by atoms with Gasteiger partial charge in [0.2, 0.25) is 0 Å². The number of hydrogen-bond acceptors (Lipinski definition) is 1. The molecule has 1 nitrogen and oxygen atoms in total. The second-order valence-electron chi connectivity index (χ2n) is 3.67. The Bertz CT molecular complexity index is 402. The number of halogens is 2. The third kappa shape index (κ3) is 1.51. The van der Waals surface area contributed by atoms with Crippen molar-refractivity contribution < 1.29 is 0 Å². The lowest BCUT2D eigenvalue weighted by Crippen LogP contribution is -2.32. The lowest BCUT2D eigenvalue weighted by molar-refractivity contribution is 0.323. The van der Waals surface area contributed by atoms with Crippen LogP contribution in [0.3, 0.4) is 0 Å². The van der Waals surface area contributed by atoms with Crippen molar-refractivity contribution in [1.82, 2.24) is 0 Å². The summed E-state index contributed by atoms with van der Waals surface area (Å²) in [6, 6.07) is 8.48. The van der Waals surface area contributed by atoms with Crippen molar-refractivity contribution in [1.29, 1.82) is 5.26 Å². The molecule has 0 spiro atoms. The quantitative estimate of drug-likeness (QED) is 0.763. The summed E-state index contributed by atoms with van der Waals surface area (Å²) in [5.41, 5.74) is 0.892. The van der Waals surface area contributed by atoms with Crippen LogP contribution < -0.4 is 0 Å². The molecule has 0 N–H and O–H groups in total. The molecule has 14 heavy (non-hydrogen) atoms. The molecule has 0 atom stereocenters. The minimum atomic E-state index is -0.234. The van der Waals surface area contributed by atoms with Gasteiger partial charge < -0.3 is 0 Å². The Morgan fingerprint density at radius 3 is 2.50 bits per heavy atom. The Morgan fingerprint density at radius 1 is 1.29 bits per heavy atom. The van der Waals surface area contributed by atoms with Crippen molar-refractivity contribution in [3.8, 4) is 6.07 Å². The molecule has 0 saturated heterocycles. The maximum absolute atomic E-state index is 9.22. The van der Waals surface area contributed by atoms with E-state index in [9.17, 15) is 5.26 Å². The first-order chi connectivity index (χ1) is 6.68. The zero-order valence-corrected chi connectivity index (χ0v) is 10.7. The van der Waals surface area contributed by atoms with Crippen molar-refractivity contribution in [2.45, 2.75) is 24.7 Å². The SMILES string of the molecule is N#CC1(c2cc(Br)ccc2Br)CCC1. The van der Waals surface area contributed by atoms with Gasteiger partial charge in [-0.2, -0.15) is 5.26 Å². The highest BCUT2D eigenvalue weighted by Gasteiger charge is 2.40. The maximum Gasteiger partial charge on any atom is 0.0833 e. The van der Waals surface area contributed by atoms with E-state index in [0.29, 0.717) is 0 Å². The second-order valence-corrected chi connectivity index (χ2v) is 5.44. The van der Waals surface area contributed by atoms with Crippen LogP contribution in [-0.2, 0) is 5.41 Å². The van der Waals surface area contributed by atoms with Crippen LogP contribution in [-0.4, -0.2) is 0 Å². The normalized spacial score (nSPS) is 18.4. The third-order valence-corrected chi connectivity index (χ3v) is 4.05. The first kappa shape index (κ1) is 10.2. The average molecular weight is 315 g/mol. The van der Waals surface area contributed by atoms with Crippen LogP contribution in [0.15, 0.2) is 27.1 Å². The average Bonchev–Trinajstić information content (AvgIpc) is 2.10. The molecule has 0 radical (unpaired) electrons. The van der Waals surface area contributed by atoms with Gasteiger partial charge in [-0.25, -0.2) is 0 Å². The highest BCUT2D eigenvalue weighted by atomic mass is 79.9. The van der Waals surface area contributed by atoms with Crippen molar-refractivity contribution in [3.05, 3.63) is 32.7 Å². The minimum absolute atomic E-state index is 0.234. The van der Waals surface area contributed by atoms with Crippen LogP contribution in [0.5, 0.6) is 0 Å². The highest BCUT2D eigenvalue weighted by Crippen LogP contribution is 2.46. The highest BCUT2D eigenvalue weighted by molar-refractivity contribution is 9.11. The molecule has 3 heteroatoms. The third-order valence-electron chi connectivity index (χ3n) is 2.87. The summed E-state index contributed by atoms with van der Waals surface area (Å²) in [6.45, 7) is 0. The molecular weight excluding hydrogens is 306 g/mol. The van der Waals surface area contributed by atoms with E-state index >= 15 is 0 Å². The Kier molecular flexibility index (Phi) is 2.68. The van der Waals surface area contributed by atoms with E-state index < -0.39 is 0 Å². The van der Waals surface area contributed by atoms with E-state index in [-0.39, 0.29) is 5.41 Å². The lowest BCUT2D eigenvalue weighted by atomic mass is 9.65. The molecule has 1 saturated carbocycles. The summed E-state index contributed by atoms with van der Waals surface area (Å²) in [7, 11) is 0. The molecule has 0 unspecified atom stereocenters. The molecule has 1 fully saturated rings. The Labute approximate surface area is 100 Å². The molecule has 1 aliphatic carbocycles. The molecule has 1 aliphatic rings. The van der Waals surface area contributed by atoms with Crippen molar-refractivity contribution in [2.75, 3.05) is 0 Å². The smallest absolute Gasteiger partial charge is 0.0833 e. The largest absolute Gasteiger partial charge is 0.197 e. The maximum atomic E-state index is 9.22. The first-order valence-corrected chi connectivity index (χ1v) is 6.13. The fourth-order valence-electron chi connectivity index (χ4n) is 1.84. The monoisotopic (exact) mass is 313 g/mol. The van der Waals surface area contributed by atoms with Gasteiger partial charge in [0, 0.05) is 8.95 Å². The van der Waals surface area contributed by atoms with Gasteiger partial charge in [-0.1, -0.05) is 31.9 Å².